The van der Waals surface area contributed by atoms with Gasteiger partial charge in [-0.3, -0.25) is 4.79 Å². The topological polar surface area (TPSA) is 98.0 Å². The third-order valence-electron chi connectivity index (χ3n) is 2.24. The van der Waals surface area contributed by atoms with Crippen molar-refractivity contribution in [3.8, 4) is 0 Å². The lowest BCUT2D eigenvalue weighted by Crippen LogP contribution is -2.37. The number of hydrogen-bond donors (Lipinski definition) is 5. The van der Waals surface area contributed by atoms with Gasteiger partial charge in [0.25, 0.3) is 0 Å². The van der Waals surface area contributed by atoms with Crippen LogP contribution in [0.2, 0.25) is 0 Å². The van der Waals surface area contributed by atoms with Gasteiger partial charge in [0.2, 0.25) is 0 Å². The summed E-state index contributed by atoms with van der Waals surface area (Å²) in [5, 5.41) is 34.9. The Kier molecular flexibility index (Phi) is 10.7. The fraction of sp³-hybridized carbons (Fsp3) is 0.917. The second kappa shape index (κ2) is 9.61. The normalized spacial score (nSPS) is 11.7. The van der Waals surface area contributed by atoms with Gasteiger partial charge in [-0.2, -0.15) is 12.6 Å². The van der Waals surface area contributed by atoms with Crippen molar-refractivity contribution in [3.63, 3.8) is 0 Å². The third kappa shape index (κ3) is 10.8. The van der Waals surface area contributed by atoms with Crippen molar-refractivity contribution < 1.29 is 25.2 Å². The molecule has 0 aromatic carbocycles. The van der Waals surface area contributed by atoms with E-state index in [2.05, 4.69) is 12.6 Å². The van der Waals surface area contributed by atoms with Crippen molar-refractivity contribution in [2.24, 2.45) is 10.8 Å². The van der Waals surface area contributed by atoms with E-state index in [1.165, 1.54) is 0 Å². The van der Waals surface area contributed by atoms with E-state index >= 15 is 0 Å². The van der Waals surface area contributed by atoms with Crippen molar-refractivity contribution in [2.45, 2.75) is 33.6 Å². The average Bonchev–Trinajstić information content (AvgIpc) is 2.25. The quantitative estimate of drug-likeness (QED) is 0.464. The lowest BCUT2D eigenvalue weighted by atomic mass is 9.75. The second-order valence-electron chi connectivity index (χ2n) is 5.58. The van der Waals surface area contributed by atoms with Gasteiger partial charge >= 0.3 is 5.97 Å². The van der Waals surface area contributed by atoms with Gasteiger partial charge < -0.3 is 20.4 Å². The van der Waals surface area contributed by atoms with Crippen molar-refractivity contribution >= 4 is 18.6 Å². The molecule has 0 fully saturated rings. The lowest BCUT2D eigenvalue weighted by Gasteiger charge is -2.34. The van der Waals surface area contributed by atoms with Gasteiger partial charge in [0, 0.05) is 11.2 Å². The van der Waals surface area contributed by atoms with Gasteiger partial charge in [0.15, 0.2) is 0 Å². The Morgan fingerprint density at radius 3 is 1.50 bits per heavy atom. The predicted octanol–water partition coefficient (Wildman–Crippen LogP) is 0.777. The summed E-state index contributed by atoms with van der Waals surface area (Å²) in [4.78, 5) is 9.55. The molecule has 0 aliphatic rings. The molecule has 0 spiro atoms. The smallest absolute Gasteiger partial charge is 0.304 e. The number of aliphatic hydroxyl groups is 3. The zero-order valence-electron chi connectivity index (χ0n) is 11.4. The van der Waals surface area contributed by atoms with Crippen LogP contribution >= 0.6 is 12.6 Å². The maximum atomic E-state index is 9.55. The molecule has 0 heterocycles. The molecule has 4 N–H and O–H groups in total. The van der Waals surface area contributed by atoms with Crippen LogP contribution in [-0.4, -0.2) is 52.0 Å². The second-order valence-corrected chi connectivity index (χ2v) is 6.03. The van der Waals surface area contributed by atoms with Crippen LogP contribution in [-0.2, 0) is 4.79 Å². The van der Waals surface area contributed by atoms with Gasteiger partial charge in [-0.05, 0) is 11.8 Å². The van der Waals surface area contributed by atoms with Crippen LogP contribution < -0.4 is 0 Å². The molecule has 0 unspecified atom stereocenters. The van der Waals surface area contributed by atoms with E-state index in [9.17, 15) is 4.79 Å². The highest BCUT2D eigenvalue weighted by Crippen LogP contribution is 2.32. The summed E-state index contributed by atoms with van der Waals surface area (Å²) in [5.74, 6) is -0.361. The van der Waals surface area contributed by atoms with Gasteiger partial charge in [-0.15, -0.1) is 0 Å². The number of carbonyl (C=O) groups is 1. The predicted molar refractivity (Wildman–Crippen MR) is 73.9 cm³/mol. The minimum Gasteiger partial charge on any atom is -0.481 e. The van der Waals surface area contributed by atoms with Gasteiger partial charge in [-0.1, -0.05) is 20.8 Å². The Labute approximate surface area is 114 Å². The van der Waals surface area contributed by atoms with Gasteiger partial charge in [0.05, 0.1) is 26.2 Å². The molecule has 0 aliphatic carbocycles. The number of carboxylic acids is 1. The molecule has 0 amide bonds. The van der Waals surface area contributed by atoms with E-state index in [4.69, 9.17) is 20.4 Å². The Morgan fingerprint density at radius 1 is 1.06 bits per heavy atom. The summed E-state index contributed by atoms with van der Waals surface area (Å²) in [5.41, 5.74) is -0.716. The van der Waals surface area contributed by atoms with E-state index in [-0.39, 0.29) is 31.7 Å². The van der Waals surface area contributed by atoms with E-state index in [1.807, 2.05) is 20.8 Å². The Morgan fingerprint density at radius 2 is 1.44 bits per heavy atom. The fourth-order valence-corrected chi connectivity index (χ4v) is 1.73. The minimum absolute atomic E-state index is 0.00813. The maximum absolute atomic E-state index is 9.55. The van der Waals surface area contributed by atoms with Crippen LogP contribution in [0.5, 0.6) is 0 Å². The average molecular weight is 282 g/mol. The summed E-state index contributed by atoms with van der Waals surface area (Å²) in [6, 6.07) is 0. The number of thiol groups is 1. The molecule has 0 rings (SSSR count). The van der Waals surface area contributed by atoms with E-state index in [1.54, 1.807) is 0 Å². The number of hydrogen-bond acceptors (Lipinski definition) is 5. The molecule has 0 saturated carbocycles. The van der Waals surface area contributed by atoms with Crippen molar-refractivity contribution in [3.05, 3.63) is 0 Å². The SMILES string of the molecule is CC(C)(C)CC(CO)(CO)CO.O=C(O)CCS. The molecular formula is C12H26O5S. The summed E-state index contributed by atoms with van der Waals surface area (Å²) in [7, 11) is 0. The summed E-state index contributed by atoms with van der Waals surface area (Å²) in [6.07, 6.45) is 0.770. The first-order chi connectivity index (χ1) is 8.16. The molecular weight excluding hydrogens is 256 g/mol. The largest absolute Gasteiger partial charge is 0.481 e. The van der Waals surface area contributed by atoms with Crippen LogP contribution in [0.25, 0.3) is 0 Å². The summed E-state index contributed by atoms with van der Waals surface area (Å²) >= 11 is 3.68. The Balaban J connectivity index is 0. The minimum atomic E-state index is -0.787. The Bertz CT molecular complexity index is 213. The van der Waals surface area contributed by atoms with Crippen LogP contribution in [0.15, 0.2) is 0 Å². The molecule has 0 radical (unpaired) electrons. The molecule has 110 valence electrons. The van der Waals surface area contributed by atoms with E-state index < -0.39 is 11.4 Å². The molecule has 0 aromatic heterocycles. The molecule has 6 heteroatoms. The van der Waals surface area contributed by atoms with Crippen LogP contribution in [0.4, 0.5) is 0 Å². The highest BCUT2D eigenvalue weighted by molar-refractivity contribution is 7.80. The molecule has 0 aromatic rings. The van der Waals surface area contributed by atoms with Crippen LogP contribution in [0.1, 0.15) is 33.6 Å². The van der Waals surface area contributed by atoms with Crippen molar-refractivity contribution in [1.82, 2.24) is 0 Å². The Hall–Kier alpha value is -0.300. The molecule has 5 nitrogen and oxygen atoms in total. The van der Waals surface area contributed by atoms with E-state index in [0.29, 0.717) is 12.2 Å². The lowest BCUT2D eigenvalue weighted by molar-refractivity contribution is -0.136. The van der Waals surface area contributed by atoms with Crippen molar-refractivity contribution in [2.75, 3.05) is 25.6 Å². The first-order valence-corrected chi connectivity index (χ1v) is 6.45. The fourth-order valence-electron chi connectivity index (χ4n) is 1.54. The van der Waals surface area contributed by atoms with Crippen LogP contribution in [0.3, 0.4) is 0 Å². The zero-order chi connectivity index (χ0) is 14.8. The highest BCUT2D eigenvalue weighted by atomic mass is 32.1. The summed E-state index contributed by atoms with van der Waals surface area (Å²) in [6.45, 7) is 5.54. The molecule has 0 atom stereocenters. The molecule has 0 aliphatic heterocycles. The van der Waals surface area contributed by atoms with Crippen LogP contribution in [0, 0.1) is 10.8 Å². The standard InChI is InChI=1S/C9H20O3.C3H6O2S/c1-8(2,3)4-9(5-10,6-11)7-12;4-3(5)1-2-6/h10-12H,4-7H2,1-3H3;6H,1-2H2,(H,4,5). The zero-order valence-corrected chi connectivity index (χ0v) is 12.3. The number of rotatable bonds is 6. The third-order valence-corrected chi connectivity index (χ3v) is 2.46. The highest BCUT2D eigenvalue weighted by Gasteiger charge is 2.32. The number of carboxylic acid groups (broad SMARTS) is 1. The maximum Gasteiger partial charge on any atom is 0.304 e. The molecule has 0 bridgehead atoms. The number of aliphatic carboxylic acids is 1. The molecule has 18 heavy (non-hydrogen) atoms. The first-order valence-electron chi connectivity index (χ1n) is 5.81. The number of aliphatic hydroxyl groups excluding tert-OH is 3. The first kappa shape index (κ1) is 20.0. The summed E-state index contributed by atoms with van der Waals surface area (Å²) < 4.78 is 0. The van der Waals surface area contributed by atoms with Crippen molar-refractivity contribution in [1.29, 1.82) is 0 Å². The van der Waals surface area contributed by atoms with Gasteiger partial charge in [0.1, 0.15) is 0 Å². The monoisotopic (exact) mass is 282 g/mol. The molecule has 0 saturated heterocycles. The van der Waals surface area contributed by atoms with Gasteiger partial charge in [-0.25, -0.2) is 0 Å². The van der Waals surface area contributed by atoms with E-state index in [0.717, 1.165) is 0 Å².